The zero-order valence-electron chi connectivity index (χ0n) is 5.96. The highest BCUT2D eigenvalue weighted by atomic mass is 35.5. The van der Waals surface area contributed by atoms with Gasteiger partial charge in [0.1, 0.15) is 5.78 Å². The van der Waals surface area contributed by atoms with Gasteiger partial charge in [0.15, 0.2) is 0 Å². The Morgan fingerprint density at radius 2 is 2.30 bits per heavy atom. The number of likely N-dealkylation sites (N-methyl/N-ethyl adjacent to an activating group) is 1. The minimum atomic E-state index is 0. The average molecular weight is 164 g/mol. The van der Waals surface area contributed by atoms with E-state index < -0.39 is 0 Å². The maximum absolute atomic E-state index is 10.9. The molecule has 1 rings (SSSR count). The van der Waals surface area contributed by atoms with Crippen molar-refractivity contribution in [3.8, 4) is 0 Å². The van der Waals surface area contributed by atoms with Crippen molar-refractivity contribution < 1.29 is 4.79 Å². The van der Waals surface area contributed by atoms with Crippen LogP contribution in [-0.4, -0.2) is 32.5 Å². The molecule has 1 heterocycles. The first-order valence-electron chi connectivity index (χ1n) is 3.13. The van der Waals surface area contributed by atoms with E-state index in [2.05, 4.69) is 10.6 Å². The van der Waals surface area contributed by atoms with Crippen LogP contribution in [0.2, 0.25) is 0 Å². The van der Waals surface area contributed by atoms with Crippen LogP contribution in [0.25, 0.3) is 5.32 Å². The van der Waals surface area contributed by atoms with Crippen LogP contribution in [0.3, 0.4) is 0 Å². The van der Waals surface area contributed by atoms with Crippen molar-refractivity contribution in [2.75, 3.05) is 26.7 Å². The van der Waals surface area contributed by atoms with Crippen LogP contribution in [0.15, 0.2) is 0 Å². The highest BCUT2D eigenvalue weighted by Crippen LogP contribution is 2.04. The molecule has 0 aromatic carbocycles. The molecule has 1 aliphatic rings. The van der Waals surface area contributed by atoms with Gasteiger partial charge in [-0.15, -0.1) is 12.4 Å². The first-order valence-corrected chi connectivity index (χ1v) is 3.13. The SMILES string of the molecule is C[N-]CC(=O)C1CNC1.Cl. The largest absolute Gasteiger partial charge is 0.659 e. The Labute approximate surface area is 67.0 Å². The summed E-state index contributed by atoms with van der Waals surface area (Å²) in [6.45, 7) is 2.11. The van der Waals surface area contributed by atoms with E-state index in [-0.39, 0.29) is 24.1 Å². The normalized spacial score (nSPS) is 17.3. The predicted octanol–water partition coefficient (Wildman–Crippen LogP) is 0.200. The lowest BCUT2D eigenvalue weighted by Gasteiger charge is -2.27. The number of nitrogens with zero attached hydrogens (tertiary/aromatic N) is 1. The molecule has 4 heteroatoms. The average Bonchev–Trinajstić information content (AvgIpc) is 1.60. The molecule has 1 saturated heterocycles. The lowest BCUT2D eigenvalue weighted by atomic mass is 9.98. The number of halogens is 1. The molecular formula is C6H12ClN2O-. The second kappa shape index (κ2) is 4.66. The van der Waals surface area contributed by atoms with Gasteiger partial charge in [-0.1, -0.05) is 6.54 Å². The molecule has 0 spiro atoms. The summed E-state index contributed by atoms with van der Waals surface area (Å²) in [7, 11) is 1.67. The highest BCUT2D eigenvalue weighted by molar-refractivity contribution is 5.86. The first kappa shape index (κ1) is 9.88. The summed E-state index contributed by atoms with van der Waals surface area (Å²) in [5.74, 6) is 0.532. The van der Waals surface area contributed by atoms with Gasteiger partial charge in [0.2, 0.25) is 0 Å². The van der Waals surface area contributed by atoms with Crippen LogP contribution in [-0.2, 0) is 4.79 Å². The fourth-order valence-corrected chi connectivity index (χ4v) is 0.801. The van der Waals surface area contributed by atoms with E-state index in [4.69, 9.17) is 0 Å². The van der Waals surface area contributed by atoms with Gasteiger partial charge in [-0.05, 0) is 0 Å². The molecule has 0 unspecified atom stereocenters. The molecule has 0 bridgehead atoms. The number of hydrogen-bond donors (Lipinski definition) is 1. The first-order chi connectivity index (χ1) is 4.34. The predicted molar refractivity (Wildman–Crippen MR) is 42.8 cm³/mol. The van der Waals surface area contributed by atoms with Crippen LogP contribution in [0.1, 0.15) is 0 Å². The smallest absolute Gasteiger partial charge is 0.118 e. The third-order valence-corrected chi connectivity index (χ3v) is 1.55. The van der Waals surface area contributed by atoms with Gasteiger partial charge in [0, 0.05) is 19.0 Å². The molecule has 3 nitrogen and oxygen atoms in total. The molecule has 1 fully saturated rings. The summed E-state index contributed by atoms with van der Waals surface area (Å²) in [5.41, 5.74) is 0. The molecular weight excluding hydrogens is 152 g/mol. The highest BCUT2D eigenvalue weighted by Gasteiger charge is 2.21. The van der Waals surface area contributed by atoms with E-state index in [1.807, 2.05) is 0 Å². The summed E-state index contributed by atoms with van der Waals surface area (Å²) >= 11 is 0. The van der Waals surface area contributed by atoms with E-state index in [0.717, 1.165) is 13.1 Å². The molecule has 0 aromatic heterocycles. The van der Waals surface area contributed by atoms with Gasteiger partial charge in [-0.2, -0.15) is 7.05 Å². The van der Waals surface area contributed by atoms with Crippen molar-refractivity contribution in [3.63, 3.8) is 0 Å². The zero-order valence-corrected chi connectivity index (χ0v) is 6.78. The van der Waals surface area contributed by atoms with Gasteiger partial charge in [0.05, 0.1) is 0 Å². The summed E-state index contributed by atoms with van der Waals surface area (Å²) < 4.78 is 0. The van der Waals surface area contributed by atoms with Crippen molar-refractivity contribution in [1.29, 1.82) is 0 Å². The van der Waals surface area contributed by atoms with Crippen LogP contribution in [0, 0.1) is 5.92 Å². The third kappa shape index (κ3) is 2.25. The second-order valence-electron chi connectivity index (χ2n) is 2.30. The van der Waals surface area contributed by atoms with Crippen LogP contribution >= 0.6 is 12.4 Å². The van der Waals surface area contributed by atoms with E-state index in [0.29, 0.717) is 6.54 Å². The lowest BCUT2D eigenvalue weighted by molar-refractivity contribution is -0.122. The summed E-state index contributed by atoms with van der Waals surface area (Å²) in [6.07, 6.45) is 0. The third-order valence-electron chi connectivity index (χ3n) is 1.55. The molecule has 0 atom stereocenters. The van der Waals surface area contributed by atoms with Crippen molar-refractivity contribution in [2.24, 2.45) is 5.92 Å². The number of carbonyl (C=O) groups excluding carboxylic acids is 1. The minimum absolute atomic E-state index is 0. The maximum Gasteiger partial charge on any atom is 0.118 e. The summed E-state index contributed by atoms with van der Waals surface area (Å²) in [5, 5.41) is 6.80. The molecule has 0 aromatic rings. The van der Waals surface area contributed by atoms with Gasteiger partial charge in [-0.25, -0.2) is 0 Å². The number of carbonyl (C=O) groups is 1. The van der Waals surface area contributed by atoms with E-state index in [1.165, 1.54) is 0 Å². The Bertz CT molecular complexity index is 114. The molecule has 0 aliphatic carbocycles. The topological polar surface area (TPSA) is 43.2 Å². The molecule has 0 radical (unpaired) electrons. The number of nitrogens with one attached hydrogen (secondary N) is 1. The number of Topliss-reactive ketones (excluding diaryl/α,β-unsaturated/α-hetero) is 1. The molecule has 10 heavy (non-hydrogen) atoms. The standard InChI is InChI=1S/C6H11N2O.ClH/c1-7-4-6(9)5-2-8-3-5;/h5,8H,2-4H2,1H3;1H/q-1;. The van der Waals surface area contributed by atoms with Gasteiger partial charge < -0.3 is 15.4 Å². The molecule has 0 amide bonds. The number of hydrogen-bond acceptors (Lipinski definition) is 2. The van der Waals surface area contributed by atoms with Gasteiger partial charge in [0.25, 0.3) is 0 Å². The Balaban J connectivity index is 0.000000810. The Kier molecular flexibility index (Phi) is 4.60. The monoisotopic (exact) mass is 163 g/mol. The Hall–Kier alpha value is -0.120. The van der Waals surface area contributed by atoms with E-state index in [9.17, 15) is 4.79 Å². The van der Waals surface area contributed by atoms with Crippen molar-refractivity contribution in [2.45, 2.75) is 0 Å². The van der Waals surface area contributed by atoms with Gasteiger partial charge in [-0.3, -0.25) is 0 Å². The summed E-state index contributed by atoms with van der Waals surface area (Å²) in [4.78, 5) is 10.9. The van der Waals surface area contributed by atoms with E-state index >= 15 is 0 Å². The lowest BCUT2D eigenvalue weighted by Crippen LogP contribution is -2.47. The molecule has 1 aliphatic heterocycles. The van der Waals surface area contributed by atoms with Gasteiger partial charge >= 0.3 is 0 Å². The minimum Gasteiger partial charge on any atom is -0.659 e. The fraction of sp³-hybridized carbons (Fsp3) is 0.833. The van der Waals surface area contributed by atoms with Crippen molar-refractivity contribution >= 4 is 18.2 Å². The zero-order chi connectivity index (χ0) is 6.69. The van der Waals surface area contributed by atoms with Crippen molar-refractivity contribution in [1.82, 2.24) is 5.32 Å². The Morgan fingerprint density at radius 1 is 1.70 bits per heavy atom. The van der Waals surface area contributed by atoms with E-state index in [1.54, 1.807) is 7.05 Å². The van der Waals surface area contributed by atoms with Crippen LogP contribution < -0.4 is 5.32 Å². The molecule has 0 saturated carbocycles. The fourth-order valence-electron chi connectivity index (χ4n) is 0.801. The number of ketones is 1. The second-order valence-corrected chi connectivity index (χ2v) is 2.30. The van der Waals surface area contributed by atoms with Crippen LogP contribution in [0.4, 0.5) is 0 Å². The molecule has 1 N–H and O–H groups in total. The van der Waals surface area contributed by atoms with Crippen LogP contribution in [0.5, 0.6) is 0 Å². The van der Waals surface area contributed by atoms with Crippen molar-refractivity contribution in [3.05, 3.63) is 5.32 Å². The Morgan fingerprint density at radius 3 is 2.60 bits per heavy atom. The molecule has 60 valence electrons. The maximum atomic E-state index is 10.9. The summed E-state index contributed by atoms with van der Waals surface area (Å²) in [6, 6.07) is 0. The quantitative estimate of drug-likeness (QED) is 0.646. The number of rotatable bonds is 3.